The molecule has 0 spiro atoms. The van der Waals surface area contributed by atoms with Gasteiger partial charge in [0.05, 0.1) is 22.7 Å². The number of nitrogens with two attached hydrogens (primary N) is 1. The SMILES string of the molecule is CNC(C(=O)NC(C(=O)N(C)C(C=C(C)C(=O)NS(=O)(=O)c1ccc(N)c(F)c1)C(C)C)C(C)(C)C)C(C)(C)c1ccccc1. The molecule has 3 amide bonds. The molecule has 2 aromatic carbocycles. The molecule has 10 nitrogen and oxygen atoms in total. The maximum absolute atomic E-state index is 14.0. The number of nitrogen functional groups attached to an aromatic ring is 1. The van der Waals surface area contributed by atoms with Crippen molar-refractivity contribution in [2.24, 2.45) is 11.3 Å². The highest BCUT2D eigenvalue weighted by molar-refractivity contribution is 7.90. The second-order valence-electron chi connectivity index (χ2n) is 13.3. The number of hydrogen-bond acceptors (Lipinski definition) is 7. The first kappa shape index (κ1) is 37.4. The van der Waals surface area contributed by atoms with Crippen LogP contribution < -0.4 is 21.1 Å². The van der Waals surface area contributed by atoms with Gasteiger partial charge in [0, 0.05) is 18.0 Å². The number of carbonyl (C=O) groups excluding carboxylic acids is 3. The van der Waals surface area contributed by atoms with Crippen LogP contribution in [0.2, 0.25) is 0 Å². The minimum atomic E-state index is -4.40. The van der Waals surface area contributed by atoms with Gasteiger partial charge in [-0.2, -0.15) is 0 Å². The molecule has 0 saturated heterocycles. The van der Waals surface area contributed by atoms with Crippen LogP contribution in [0.25, 0.3) is 0 Å². The summed E-state index contributed by atoms with van der Waals surface area (Å²) in [5, 5.41) is 6.09. The summed E-state index contributed by atoms with van der Waals surface area (Å²) in [4.78, 5) is 41.7. The molecule has 3 unspecified atom stereocenters. The van der Waals surface area contributed by atoms with Gasteiger partial charge in [-0.1, -0.05) is 84.9 Å². The summed E-state index contributed by atoms with van der Waals surface area (Å²) in [7, 11) is -1.11. The Balaban J connectivity index is 2.34. The van der Waals surface area contributed by atoms with E-state index in [0.29, 0.717) is 0 Å². The summed E-state index contributed by atoms with van der Waals surface area (Å²) in [6.07, 6.45) is 1.51. The van der Waals surface area contributed by atoms with Crippen LogP contribution >= 0.6 is 0 Å². The minimum absolute atomic E-state index is 0.0315. The van der Waals surface area contributed by atoms with Gasteiger partial charge in [-0.25, -0.2) is 17.5 Å². The van der Waals surface area contributed by atoms with Crippen LogP contribution in [0.15, 0.2) is 65.1 Å². The number of anilines is 1. The first-order chi connectivity index (χ1) is 20.6. The third-order valence-electron chi connectivity index (χ3n) is 7.96. The molecule has 3 atom stereocenters. The number of halogens is 1. The topological polar surface area (TPSA) is 151 Å². The van der Waals surface area contributed by atoms with Crippen LogP contribution in [-0.4, -0.2) is 63.3 Å². The molecular formula is C33H48FN5O5S. The molecule has 248 valence electrons. The maximum Gasteiger partial charge on any atom is 0.264 e. The summed E-state index contributed by atoms with van der Waals surface area (Å²) in [6, 6.07) is 10.3. The van der Waals surface area contributed by atoms with Crippen molar-refractivity contribution in [2.75, 3.05) is 19.8 Å². The lowest BCUT2D eigenvalue weighted by atomic mass is 9.76. The van der Waals surface area contributed by atoms with Crippen molar-refractivity contribution < 1.29 is 27.2 Å². The molecular weight excluding hydrogens is 597 g/mol. The Morgan fingerprint density at radius 2 is 1.56 bits per heavy atom. The lowest BCUT2D eigenvalue weighted by Gasteiger charge is -2.40. The Kier molecular flexibility index (Phi) is 12.1. The number of amides is 3. The van der Waals surface area contributed by atoms with Crippen LogP contribution in [0.5, 0.6) is 0 Å². The van der Waals surface area contributed by atoms with Crippen LogP contribution in [0, 0.1) is 17.2 Å². The van der Waals surface area contributed by atoms with E-state index in [2.05, 4.69) is 10.6 Å². The standard InChI is InChI=1S/C33H48FN5O5S/c1-20(2)26(18-21(3)29(40)38-45(43,44)23-16-17-25(35)24(34)19-23)39(10)31(42)28(32(4,5)6)37-30(41)27(36-9)33(7,8)22-14-12-11-13-15-22/h11-20,26-28,36H,35H2,1-10H3,(H,37,41)(H,38,40). The summed E-state index contributed by atoms with van der Waals surface area (Å²) in [5.74, 6) is -2.77. The molecule has 0 aliphatic rings. The van der Waals surface area contributed by atoms with E-state index in [1.54, 1.807) is 14.1 Å². The van der Waals surface area contributed by atoms with Crippen molar-refractivity contribution in [2.45, 2.75) is 83.8 Å². The molecule has 12 heteroatoms. The number of benzene rings is 2. The summed E-state index contributed by atoms with van der Waals surface area (Å²) < 4.78 is 41.3. The van der Waals surface area contributed by atoms with E-state index < -0.39 is 55.6 Å². The first-order valence-electron chi connectivity index (χ1n) is 14.8. The first-order valence-corrected chi connectivity index (χ1v) is 16.2. The molecule has 0 saturated carbocycles. The van der Waals surface area contributed by atoms with E-state index in [-0.39, 0.29) is 29.0 Å². The lowest BCUT2D eigenvalue weighted by Crippen LogP contribution is -2.61. The Labute approximate surface area is 267 Å². The highest BCUT2D eigenvalue weighted by Crippen LogP contribution is 2.29. The van der Waals surface area contributed by atoms with Gasteiger partial charge in [-0.15, -0.1) is 0 Å². The Morgan fingerprint density at radius 3 is 2.04 bits per heavy atom. The van der Waals surface area contributed by atoms with Crippen molar-refractivity contribution in [1.29, 1.82) is 0 Å². The van der Waals surface area contributed by atoms with E-state index >= 15 is 0 Å². The molecule has 0 aromatic heterocycles. The summed E-state index contributed by atoms with van der Waals surface area (Å²) in [5.41, 5.74) is 4.90. The van der Waals surface area contributed by atoms with Gasteiger partial charge in [0.2, 0.25) is 11.8 Å². The number of likely N-dealkylation sites (N-methyl/N-ethyl adjacent to an activating group) is 2. The van der Waals surface area contributed by atoms with Gasteiger partial charge in [0.25, 0.3) is 15.9 Å². The quantitative estimate of drug-likeness (QED) is 0.203. The zero-order valence-electron chi connectivity index (χ0n) is 27.9. The number of hydrogen-bond donors (Lipinski definition) is 4. The minimum Gasteiger partial charge on any atom is -0.396 e. The van der Waals surface area contributed by atoms with Crippen LogP contribution in [0.4, 0.5) is 10.1 Å². The summed E-state index contributed by atoms with van der Waals surface area (Å²) >= 11 is 0. The molecule has 45 heavy (non-hydrogen) atoms. The summed E-state index contributed by atoms with van der Waals surface area (Å²) in [6.45, 7) is 14.6. The van der Waals surface area contributed by atoms with Crippen molar-refractivity contribution in [1.82, 2.24) is 20.3 Å². The number of nitrogens with one attached hydrogen (secondary N) is 3. The molecule has 0 aliphatic carbocycles. The zero-order chi connectivity index (χ0) is 34.5. The van der Waals surface area contributed by atoms with E-state index in [1.807, 2.05) is 83.5 Å². The molecule has 0 heterocycles. The molecule has 0 aliphatic heterocycles. The lowest BCUT2D eigenvalue weighted by molar-refractivity contribution is -0.140. The molecule has 2 aromatic rings. The average Bonchev–Trinajstić information content (AvgIpc) is 2.94. The second kappa shape index (κ2) is 14.6. The maximum atomic E-state index is 14.0. The van der Waals surface area contributed by atoms with Crippen molar-refractivity contribution in [3.8, 4) is 0 Å². The fourth-order valence-electron chi connectivity index (χ4n) is 5.10. The van der Waals surface area contributed by atoms with E-state index in [4.69, 9.17) is 5.73 Å². The fraction of sp³-hybridized carbons (Fsp3) is 0.485. The number of sulfonamides is 1. The largest absolute Gasteiger partial charge is 0.396 e. The fourth-order valence-corrected chi connectivity index (χ4v) is 6.13. The smallest absolute Gasteiger partial charge is 0.264 e. The van der Waals surface area contributed by atoms with Gasteiger partial charge in [0.1, 0.15) is 11.9 Å². The van der Waals surface area contributed by atoms with Gasteiger partial charge in [0.15, 0.2) is 0 Å². The van der Waals surface area contributed by atoms with Crippen molar-refractivity contribution >= 4 is 33.4 Å². The van der Waals surface area contributed by atoms with E-state index in [0.717, 1.165) is 23.8 Å². The average molecular weight is 646 g/mol. The Hall–Kier alpha value is -3.77. The van der Waals surface area contributed by atoms with Gasteiger partial charge < -0.3 is 21.3 Å². The van der Waals surface area contributed by atoms with Gasteiger partial charge >= 0.3 is 0 Å². The second-order valence-corrected chi connectivity index (χ2v) is 15.0. The third kappa shape index (κ3) is 9.13. The van der Waals surface area contributed by atoms with Crippen LogP contribution in [0.1, 0.15) is 61.0 Å². The Morgan fingerprint density at radius 1 is 0.978 bits per heavy atom. The van der Waals surface area contributed by atoms with Gasteiger partial charge in [-0.3, -0.25) is 14.4 Å². The van der Waals surface area contributed by atoms with Crippen LogP contribution in [-0.2, 0) is 29.8 Å². The molecule has 2 rings (SSSR count). The highest BCUT2D eigenvalue weighted by Gasteiger charge is 2.41. The normalized spacial score (nSPS) is 14.8. The monoisotopic (exact) mass is 645 g/mol. The van der Waals surface area contributed by atoms with E-state index in [9.17, 15) is 27.2 Å². The molecule has 5 N–H and O–H groups in total. The zero-order valence-corrected chi connectivity index (χ0v) is 28.7. The number of carbonyl (C=O) groups is 3. The van der Waals surface area contributed by atoms with Crippen LogP contribution in [0.3, 0.4) is 0 Å². The molecule has 0 fully saturated rings. The number of nitrogens with zero attached hydrogens (tertiary/aromatic N) is 1. The number of rotatable bonds is 12. The molecule has 0 radical (unpaired) electrons. The third-order valence-corrected chi connectivity index (χ3v) is 9.28. The van der Waals surface area contributed by atoms with Crippen molar-refractivity contribution in [3.05, 3.63) is 71.6 Å². The predicted octanol–water partition coefficient (Wildman–Crippen LogP) is 3.74. The molecule has 0 bridgehead atoms. The Bertz CT molecular complexity index is 1520. The van der Waals surface area contributed by atoms with E-state index in [1.165, 1.54) is 17.9 Å². The predicted molar refractivity (Wildman–Crippen MR) is 175 cm³/mol. The van der Waals surface area contributed by atoms with Crippen molar-refractivity contribution in [3.63, 3.8) is 0 Å². The van der Waals surface area contributed by atoms with Gasteiger partial charge in [-0.05, 0) is 49.1 Å². The highest BCUT2D eigenvalue weighted by atomic mass is 32.2.